The van der Waals surface area contributed by atoms with E-state index in [1.54, 1.807) is 38.6 Å². The number of carbonyl (C=O) groups excluding carboxylic acids is 2. The third-order valence-corrected chi connectivity index (χ3v) is 3.75. The van der Waals surface area contributed by atoms with Gasteiger partial charge in [-0.05, 0) is 29.8 Å². The third kappa shape index (κ3) is 3.12. The van der Waals surface area contributed by atoms with E-state index in [0.717, 1.165) is 11.1 Å². The van der Waals surface area contributed by atoms with Crippen molar-refractivity contribution in [2.24, 2.45) is 0 Å². The summed E-state index contributed by atoms with van der Waals surface area (Å²) in [6.45, 7) is 0.385. The van der Waals surface area contributed by atoms with Gasteiger partial charge in [0.2, 0.25) is 0 Å². The molecule has 0 saturated carbocycles. The van der Waals surface area contributed by atoms with Gasteiger partial charge in [0.25, 0.3) is 11.8 Å². The fourth-order valence-electron chi connectivity index (χ4n) is 2.45. The summed E-state index contributed by atoms with van der Waals surface area (Å²) >= 11 is 0. The van der Waals surface area contributed by atoms with E-state index < -0.39 is 0 Å². The second kappa shape index (κ2) is 6.54. The van der Waals surface area contributed by atoms with E-state index in [9.17, 15) is 9.59 Å². The Kier molecular flexibility index (Phi) is 4.29. The molecule has 0 atom stereocenters. The monoisotopic (exact) mass is 322 g/mol. The van der Waals surface area contributed by atoms with Crippen molar-refractivity contribution in [1.82, 2.24) is 20.2 Å². The minimum atomic E-state index is -0.179. The third-order valence-electron chi connectivity index (χ3n) is 3.75. The van der Waals surface area contributed by atoms with E-state index in [1.807, 2.05) is 24.3 Å². The van der Waals surface area contributed by atoms with Crippen LogP contribution in [0.1, 0.15) is 26.3 Å². The maximum absolute atomic E-state index is 12.4. The Morgan fingerprint density at radius 2 is 1.88 bits per heavy atom. The van der Waals surface area contributed by atoms with Gasteiger partial charge < -0.3 is 15.2 Å². The molecule has 0 aliphatic rings. The van der Waals surface area contributed by atoms with Gasteiger partial charge in [-0.15, -0.1) is 0 Å². The van der Waals surface area contributed by atoms with Crippen molar-refractivity contribution in [1.29, 1.82) is 0 Å². The molecule has 0 aliphatic carbocycles. The highest BCUT2D eigenvalue weighted by atomic mass is 16.2. The number of rotatable bonds is 4. The van der Waals surface area contributed by atoms with E-state index in [1.165, 1.54) is 4.90 Å². The summed E-state index contributed by atoms with van der Waals surface area (Å²) in [6, 6.07) is 12.6. The van der Waals surface area contributed by atoms with Gasteiger partial charge in [-0.2, -0.15) is 0 Å². The number of H-pyrrole nitrogens is 1. The van der Waals surface area contributed by atoms with Crippen LogP contribution in [0.5, 0.6) is 0 Å². The normalized spacial score (nSPS) is 10.6. The number of aromatic amines is 1. The van der Waals surface area contributed by atoms with Gasteiger partial charge in [0, 0.05) is 26.2 Å². The molecule has 3 rings (SSSR count). The van der Waals surface area contributed by atoms with Crippen molar-refractivity contribution in [3.8, 4) is 0 Å². The van der Waals surface area contributed by atoms with Crippen molar-refractivity contribution in [2.75, 3.05) is 14.1 Å². The topological polar surface area (TPSA) is 78.1 Å². The van der Waals surface area contributed by atoms with E-state index in [-0.39, 0.29) is 11.8 Å². The Balaban J connectivity index is 1.68. The number of carbonyl (C=O) groups is 2. The van der Waals surface area contributed by atoms with Crippen molar-refractivity contribution < 1.29 is 9.59 Å². The van der Waals surface area contributed by atoms with Crippen molar-refractivity contribution in [3.63, 3.8) is 0 Å². The number of amides is 2. The average Bonchev–Trinajstić information content (AvgIpc) is 3.08. The average molecular weight is 322 g/mol. The molecule has 0 spiro atoms. The molecule has 2 amide bonds. The zero-order chi connectivity index (χ0) is 17.1. The summed E-state index contributed by atoms with van der Waals surface area (Å²) in [6.07, 6.45) is 1.57. The van der Waals surface area contributed by atoms with Crippen molar-refractivity contribution >= 4 is 22.8 Å². The number of nitrogens with zero attached hydrogens (tertiary/aromatic N) is 2. The van der Waals surface area contributed by atoms with Crippen LogP contribution in [0.25, 0.3) is 11.0 Å². The smallest absolute Gasteiger partial charge is 0.253 e. The quantitative estimate of drug-likeness (QED) is 0.773. The second-order valence-electron chi connectivity index (χ2n) is 5.68. The first-order valence-electron chi connectivity index (χ1n) is 7.57. The van der Waals surface area contributed by atoms with E-state index in [0.29, 0.717) is 23.2 Å². The molecule has 2 N–H and O–H groups in total. The molecular formula is C18H18N4O2. The first-order valence-corrected chi connectivity index (χ1v) is 7.57. The lowest BCUT2D eigenvalue weighted by molar-refractivity contribution is 0.0827. The number of fused-ring (bicyclic) bond motifs is 1. The highest BCUT2D eigenvalue weighted by Gasteiger charge is 2.12. The lowest BCUT2D eigenvalue weighted by Crippen LogP contribution is -2.23. The predicted octanol–water partition coefficient (Wildman–Crippen LogP) is 2.19. The Morgan fingerprint density at radius 1 is 1.12 bits per heavy atom. The van der Waals surface area contributed by atoms with Crippen LogP contribution in [-0.4, -0.2) is 40.8 Å². The minimum Gasteiger partial charge on any atom is -0.348 e. The SMILES string of the molecule is CN(C)C(=O)c1ccc(CNC(=O)c2cccc3[nH]cnc23)cc1. The van der Waals surface area contributed by atoms with Crippen LogP contribution in [0.3, 0.4) is 0 Å². The van der Waals surface area contributed by atoms with Crippen molar-refractivity contribution in [3.05, 3.63) is 65.5 Å². The number of nitrogens with one attached hydrogen (secondary N) is 2. The van der Waals surface area contributed by atoms with Crippen LogP contribution in [-0.2, 0) is 6.54 Å². The van der Waals surface area contributed by atoms with Crippen LogP contribution < -0.4 is 5.32 Å². The lowest BCUT2D eigenvalue weighted by atomic mass is 10.1. The molecule has 122 valence electrons. The first kappa shape index (κ1) is 15.7. The van der Waals surface area contributed by atoms with Crippen LogP contribution in [0.15, 0.2) is 48.8 Å². The zero-order valence-corrected chi connectivity index (χ0v) is 13.5. The van der Waals surface area contributed by atoms with Gasteiger partial charge in [-0.1, -0.05) is 18.2 Å². The van der Waals surface area contributed by atoms with Crippen molar-refractivity contribution in [2.45, 2.75) is 6.54 Å². The summed E-state index contributed by atoms with van der Waals surface area (Å²) in [5, 5.41) is 2.88. The second-order valence-corrected chi connectivity index (χ2v) is 5.68. The molecule has 6 nitrogen and oxygen atoms in total. The molecule has 0 fully saturated rings. The number of aromatic nitrogens is 2. The van der Waals surface area contributed by atoms with Crippen LogP contribution in [0.2, 0.25) is 0 Å². The fraction of sp³-hybridized carbons (Fsp3) is 0.167. The van der Waals surface area contributed by atoms with Gasteiger partial charge >= 0.3 is 0 Å². The number of hydrogen-bond acceptors (Lipinski definition) is 3. The van der Waals surface area contributed by atoms with E-state index in [2.05, 4.69) is 15.3 Å². The maximum Gasteiger partial charge on any atom is 0.253 e. The van der Waals surface area contributed by atoms with Gasteiger partial charge in [-0.25, -0.2) is 4.98 Å². The lowest BCUT2D eigenvalue weighted by Gasteiger charge is -2.11. The molecular weight excluding hydrogens is 304 g/mol. The molecule has 24 heavy (non-hydrogen) atoms. The van der Waals surface area contributed by atoms with Crippen LogP contribution in [0.4, 0.5) is 0 Å². The summed E-state index contributed by atoms with van der Waals surface area (Å²) in [4.78, 5) is 32.9. The number of imidazole rings is 1. The predicted molar refractivity (Wildman–Crippen MR) is 91.7 cm³/mol. The Labute approximate surface area is 139 Å². The highest BCUT2D eigenvalue weighted by molar-refractivity contribution is 6.04. The summed E-state index contributed by atoms with van der Waals surface area (Å²) in [5.74, 6) is -0.225. The maximum atomic E-state index is 12.4. The van der Waals surface area contributed by atoms with Gasteiger partial charge in [0.15, 0.2) is 0 Å². The Hall–Kier alpha value is -3.15. The molecule has 0 saturated heterocycles. The molecule has 0 aliphatic heterocycles. The Morgan fingerprint density at radius 3 is 2.58 bits per heavy atom. The van der Waals surface area contributed by atoms with Crippen LogP contribution >= 0.6 is 0 Å². The molecule has 6 heteroatoms. The number of benzene rings is 2. The summed E-state index contributed by atoms with van der Waals surface area (Å²) in [5.41, 5.74) is 3.56. The molecule has 0 radical (unpaired) electrons. The molecule has 3 aromatic rings. The molecule has 1 aromatic heterocycles. The van der Waals surface area contributed by atoms with Gasteiger partial charge in [0.05, 0.1) is 17.4 Å². The summed E-state index contributed by atoms with van der Waals surface area (Å²) in [7, 11) is 3.43. The fourth-order valence-corrected chi connectivity index (χ4v) is 2.45. The van der Waals surface area contributed by atoms with Crippen LogP contribution in [0, 0.1) is 0 Å². The molecule has 0 unspecified atom stereocenters. The number of para-hydroxylation sites is 1. The van der Waals surface area contributed by atoms with E-state index >= 15 is 0 Å². The standard InChI is InChI=1S/C18H18N4O2/c1-22(2)18(24)13-8-6-12(7-9-13)10-19-17(23)14-4-3-5-15-16(14)21-11-20-15/h3-9,11H,10H2,1-2H3,(H,19,23)(H,20,21). The highest BCUT2D eigenvalue weighted by Crippen LogP contribution is 2.14. The van der Waals surface area contributed by atoms with E-state index in [4.69, 9.17) is 0 Å². The zero-order valence-electron chi connectivity index (χ0n) is 13.5. The van der Waals surface area contributed by atoms with Gasteiger partial charge in [0.1, 0.15) is 5.52 Å². The molecule has 2 aromatic carbocycles. The summed E-state index contributed by atoms with van der Waals surface area (Å²) < 4.78 is 0. The molecule has 0 bridgehead atoms. The molecule has 1 heterocycles. The largest absolute Gasteiger partial charge is 0.348 e. The first-order chi connectivity index (χ1) is 11.6. The number of hydrogen-bond donors (Lipinski definition) is 2. The minimum absolute atomic E-state index is 0.0456. The Bertz CT molecular complexity index is 881. The van der Waals surface area contributed by atoms with Gasteiger partial charge in [-0.3, -0.25) is 9.59 Å².